The summed E-state index contributed by atoms with van der Waals surface area (Å²) in [5.41, 5.74) is 0. The molecule has 0 bridgehead atoms. The zero-order valence-electron chi connectivity index (χ0n) is 5.96. The molecule has 1 heterocycles. The lowest BCUT2D eigenvalue weighted by atomic mass is 10.2. The van der Waals surface area contributed by atoms with Gasteiger partial charge in [-0.25, -0.2) is 0 Å². The van der Waals surface area contributed by atoms with E-state index in [4.69, 9.17) is 0 Å². The van der Waals surface area contributed by atoms with E-state index >= 15 is 0 Å². The molecule has 0 aromatic carbocycles. The minimum atomic E-state index is 0.256. The Morgan fingerprint density at radius 3 is 3.10 bits per heavy atom. The fourth-order valence-electron chi connectivity index (χ4n) is 0.802. The van der Waals surface area contributed by atoms with Gasteiger partial charge in [0.1, 0.15) is 0 Å². The van der Waals surface area contributed by atoms with Gasteiger partial charge in [0, 0.05) is 17.1 Å². The van der Waals surface area contributed by atoms with Gasteiger partial charge < -0.3 is 0 Å². The average molecular weight is 154 g/mol. The molecule has 0 spiro atoms. The van der Waals surface area contributed by atoms with Crippen LogP contribution in [-0.4, -0.2) is 11.5 Å². The highest BCUT2D eigenvalue weighted by Crippen LogP contribution is 2.22. The molecular weight excluding hydrogens is 144 g/mol. The second-order valence-corrected chi connectivity index (χ2v) is 3.28. The molecule has 0 aromatic rings. The molecule has 54 valence electrons. The van der Waals surface area contributed by atoms with Crippen molar-refractivity contribution in [3.63, 3.8) is 0 Å². The number of hydrogen-bond acceptors (Lipinski definition) is 2. The van der Waals surface area contributed by atoms with E-state index in [1.54, 1.807) is 17.8 Å². The van der Waals surface area contributed by atoms with Crippen LogP contribution in [0.1, 0.15) is 13.3 Å². The molecule has 0 saturated carbocycles. The van der Waals surface area contributed by atoms with Crippen molar-refractivity contribution in [1.82, 2.24) is 0 Å². The quantitative estimate of drug-likeness (QED) is 0.575. The normalized spacial score (nSPS) is 19.7. The van der Waals surface area contributed by atoms with Gasteiger partial charge in [-0.15, -0.1) is 11.8 Å². The zero-order valence-corrected chi connectivity index (χ0v) is 6.78. The number of hydrogen-bond donors (Lipinski definition) is 0. The first-order valence-electron chi connectivity index (χ1n) is 3.33. The fourth-order valence-corrected chi connectivity index (χ4v) is 1.79. The molecule has 1 aliphatic rings. The summed E-state index contributed by atoms with van der Waals surface area (Å²) in [6.07, 6.45) is 6.35. The molecule has 0 fully saturated rings. The van der Waals surface area contributed by atoms with Crippen LogP contribution in [0.3, 0.4) is 0 Å². The van der Waals surface area contributed by atoms with E-state index in [0.717, 1.165) is 10.7 Å². The summed E-state index contributed by atoms with van der Waals surface area (Å²) in [6.45, 7) is 1.96. The van der Waals surface area contributed by atoms with Gasteiger partial charge in [-0.1, -0.05) is 12.2 Å². The van der Waals surface area contributed by atoms with E-state index < -0.39 is 0 Å². The SMILES string of the molecule is CC=CC1=CC(=O)CCS1. The van der Waals surface area contributed by atoms with Gasteiger partial charge in [0.05, 0.1) is 0 Å². The highest BCUT2D eigenvalue weighted by atomic mass is 32.2. The summed E-state index contributed by atoms with van der Waals surface area (Å²) < 4.78 is 0. The topological polar surface area (TPSA) is 17.1 Å². The van der Waals surface area contributed by atoms with Crippen molar-refractivity contribution in [1.29, 1.82) is 0 Å². The second kappa shape index (κ2) is 3.62. The summed E-state index contributed by atoms with van der Waals surface area (Å²) in [7, 11) is 0. The summed E-state index contributed by atoms with van der Waals surface area (Å²) in [6, 6.07) is 0. The second-order valence-electron chi connectivity index (χ2n) is 2.11. The first-order valence-corrected chi connectivity index (χ1v) is 4.31. The maximum Gasteiger partial charge on any atom is 0.157 e. The Morgan fingerprint density at radius 1 is 1.70 bits per heavy atom. The number of rotatable bonds is 1. The largest absolute Gasteiger partial charge is 0.295 e. The minimum absolute atomic E-state index is 0.256. The van der Waals surface area contributed by atoms with Gasteiger partial charge in [-0.2, -0.15) is 0 Å². The van der Waals surface area contributed by atoms with Gasteiger partial charge >= 0.3 is 0 Å². The molecule has 0 radical (unpaired) electrons. The van der Waals surface area contributed by atoms with Gasteiger partial charge in [0.2, 0.25) is 0 Å². The van der Waals surface area contributed by atoms with Crippen molar-refractivity contribution < 1.29 is 4.79 Å². The summed E-state index contributed by atoms with van der Waals surface area (Å²) >= 11 is 1.74. The van der Waals surface area contributed by atoms with Crippen molar-refractivity contribution >= 4 is 17.5 Å². The Morgan fingerprint density at radius 2 is 2.50 bits per heavy atom. The third-order valence-corrected chi connectivity index (χ3v) is 2.25. The molecule has 0 unspecified atom stereocenters. The van der Waals surface area contributed by atoms with Crippen molar-refractivity contribution in [2.45, 2.75) is 13.3 Å². The Hall–Kier alpha value is -0.500. The summed E-state index contributed by atoms with van der Waals surface area (Å²) in [5.74, 6) is 1.20. The minimum Gasteiger partial charge on any atom is -0.295 e. The van der Waals surface area contributed by atoms with Crippen LogP contribution in [0, 0.1) is 0 Å². The number of carbonyl (C=O) groups is 1. The highest BCUT2D eigenvalue weighted by molar-refractivity contribution is 8.03. The Labute approximate surface area is 65.2 Å². The third kappa shape index (κ3) is 2.03. The monoisotopic (exact) mass is 154 g/mol. The lowest BCUT2D eigenvalue weighted by molar-refractivity contribution is -0.114. The Bertz CT molecular complexity index is 191. The van der Waals surface area contributed by atoms with Crippen molar-refractivity contribution in [3.05, 3.63) is 23.1 Å². The van der Waals surface area contributed by atoms with E-state index in [9.17, 15) is 4.79 Å². The molecule has 1 rings (SSSR count). The van der Waals surface area contributed by atoms with Crippen LogP contribution in [0.25, 0.3) is 0 Å². The molecule has 0 aliphatic carbocycles. The van der Waals surface area contributed by atoms with Crippen LogP contribution in [0.15, 0.2) is 23.1 Å². The van der Waals surface area contributed by atoms with Crippen LogP contribution in [0.4, 0.5) is 0 Å². The van der Waals surface area contributed by atoms with Crippen LogP contribution >= 0.6 is 11.8 Å². The first-order chi connectivity index (χ1) is 4.83. The standard InChI is InChI=1S/C8H10OS/c1-2-3-8-6-7(9)4-5-10-8/h2-3,6H,4-5H2,1H3. The van der Waals surface area contributed by atoms with Crippen molar-refractivity contribution in [3.8, 4) is 0 Å². The van der Waals surface area contributed by atoms with Crippen LogP contribution < -0.4 is 0 Å². The summed E-state index contributed by atoms with van der Waals surface area (Å²) in [5, 5.41) is 0. The smallest absolute Gasteiger partial charge is 0.157 e. The molecular formula is C8H10OS. The molecule has 0 aromatic heterocycles. The zero-order chi connectivity index (χ0) is 7.40. The Kier molecular flexibility index (Phi) is 2.75. The number of ketones is 1. The molecule has 10 heavy (non-hydrogen) atoms. The highest BCUT2D eigenvalue weighted by Gasteiger charge is 2.06. The number of carbonyl (C=O) groups excluding carboxylic acids is 1. The summed E-state index contributed by atoms with van der Waals surface area (Å²) in [4.78, 5) is 11.9. The van der Waals surface area contributed by atoms with Gasteiger partial charge in [0.15, 0.2) is 5.78 Å². The number of thioether (sulfide) groups is 1. The van der Waals surface area contributed by atoms with E-state index in [1.807, 2.05) is 19.1 Å². The van der Waals surface area contributed by atoms with E-state index in [2.05, 4.69) is 0 Å². The van der Waals surface area contributed by atoms with E-state index in [1.165, 1.54) is 0 Å². The first kappa shape index (κ1) is 7.61. The van der Waals surface area contributed by atoms with Crippen molar-refractivity contribution in [2.75, 3.05) is 5.75 Å². The fraction of sp³-hybridized carbons (Fsp3) is 0.375. The predicted octanol–water partition coefficient (Wildman–Crippen LogP) is 2.15. The van der Waals surface area contributed by atoms with Crippen molar-refractivity contribution in [2.24, 2.45) is 0 Å². The van der Waals surface area contributed by atoms with Crippen LogP contribution in [0.5, 0.6) is 0 Å². The lowest BCUT2D eigenvalue weighted by Gasteiger charge is -2.06. The molecule has 0 N–H and O–H groups in total. The molecule has 1 nitrogen and oxygen atoms in total. The van der Waals surface area contributed by atoms with E-state index in [0.29, 0.717) is 6.42 Å². The van der Waals surface area contributed by atoms with E-state index in [-0.39, 0.29) is 5.78 Å². The number of allylic oxidation sites excluding steroid dienone is 3. The third-order valence-electron chi connectivity index (χ3n) is 1.25. The predicted molar refractivity (Wildman–Crippen MR) is 45.0 cm³/mol. The molecule has 0 atom stereocenters. The van der Waals surface area contributed by atoms with Gasteiger partial charge in [0.25, 0.3) is 0 Å². The molecule has 0 amide bonds. The van der Waals surface area contributed by atoms with Crippen LogP contribution in [0.2, 0.25) is 0 Å². The molecule has 2 heteroatoms. The maximum absolute atomic E-state index is 10.8. The molecule has 1 aliphatic heterocycles. The van der Waals surface area contributed by atoms with Crippen LogP contribution in [-0.2, 0) is 4.79 Å². The maximum atomic E-state index is 10.8. The average Bonchev–Trinajstić information content (AvgIpc) is 1.88. The van der Waals surface area contributed by atoms with Gasteiger partial charge in [-0.05, 0) is 13.0 Å². The van der Waals surface area contributed by atoms with Gasteiger partial charge in [-0.3, -0.25) is 4.79 Å². The lowest BCUT2D eigenvalue weighted by Crippen LogP contribution is -2.00. The Balaban J connectivity index is 2.66. The molecule has 0 saturated heterocycles.